The predicted molar refractivity (Wildman–Crippen MR) is 179 cm³/mol. The maximum absolute atomic E-state index is 15.6. The van der Waals surface area contributed by atoms with Gasteiger partial charge >= 0.3 is 12.1 Å². The molecule has 1 amide bonds. The Morgan fingerprint density at radius 2 is 1.33 bits per heavy atom. The van der Waals surface area contributed by atoms with E-state index in [1.54, 1.807) is 0 Å². The molecule has 244 valence electrons. The average molecular weight is 644 g/mol. The zero-order valence-corrected chi connectivity index (χ0v) is 27.4. The van der Waals surface area contributed by atoms with Crippen LogP contribution in [0.4, 0.5) is 4.79 Å². The molecule has 3 aromatic rings. The summed E-state index contributed by atoms with van der Waals surface area (Å²) in [7, 11) is -3.81. The molecule has 3 aromatic carbocycles. The lowest BCUT2D eigenvalue weighted by atomic mass is 9.54. The van der Waals surface area contributed by atoms with Gasteiger partial charge in [-0.05, 0) is 92.2 Å². The second-order valence-corrected chi connectivity index (χ2v) is 16.5. The van der Waals surface area contributed by atoms with E-state index in [9.17, 15) is 14.7 Å². The van der Waals surface area contributed by atoms with E-state index in [0.29, 0.717) is 30.6 Å². The Morgan fingerprint density at radius 1 is 0.804 bits per heavy atom. The maximum atomic E-state index is 15.6. The van der Waals surface area contributed by atoms with Crippen molar-refractivity contribution < 1.29 is 28.5 Å². The summed E-state index contributed by atoms with van der Waals surface area (Å²) >= 11 is 0. The van der Waals surface area contributed by atoms with Gasteiger partial charge in [0, 0.05) is 12.6 Å². The van der Waals surface area contributed by atoms with Crippen LogP contribution < -0.4 is 5.32 Å². The van der Waals surface area contributed by atoms with Gasteiger partial charge in [0.2, 0.25) is 7.37 Å². The van der Waals surface area contributed by atoms with Crippen LogP contribution in [0.3, 0.4) is 0 Å². The van der Waals surface area contributed by atoms with Crippen LogP contribution in [-0.2, 0) is 38.1 Å². The molecule has 4 fully saturated rings. The minimum absolute atomic E-state index is 0.0715. The highest BCUT2D eigenvalue weighted by Crippen LogP contribution is 2.65. The van der Waals surface area contributed by atoms with Gasteiger partial charge in [-0.25, -0.2) is 4.79 Å². The van der Waals surface area contributed by atoms with Crippen molar-refractivity contribution in [3.63, 3.8) is 0 Å². The van der Waals surface area contributed by atoms with Crippen molar-refractivity contribution >= 4 is 19.4 Å². The summed E-state index contributed by atoms with van der Waals surface area (Å²) in [5.41, 5.74) is 2.34. The molecule has 7 nitrogen and oxygen atoms in total. The number of nitrogens with one attached hydrogen (secondary N) is 1. The van der Waals surface area contributed by atoms with Gasteiger partial charge < -0.3 is 19.7 Å². The molecule has 0 heterocycles. The fourth-order valence-electron chi connectivity index (χ4n) is 8.52. The zero-order chi connectivity index (χ0) is 32.0. The minimum atomic E-state index is -3.81. The number of carbonyl (C=O) groups is 2. The summed E-state index contributed by atoms with van der Waals surface area (Å²) in [5, 5.41) is 13.4. The molecule has 8 heteroatoms. The summed E-state index contributed by atoms with van der Waals surface area (Å²) in [6.07, 6.45) is 7.34. The molecule has 46 heavy (non-hydrogen) atoms. The molecule has 0 aromatic heterocycles. The van der Waals surface area contributed by atoms with Crippen LogP contribution in [0, 0.1) is 23.7 Å². The van der Waals surface area contributed by atoms with Gasteiger partial charge in [0.25, 0.3) is 0 Å². The predicted octanol–water partition coefficient (Wildman–Crippen LogP) is 8.47. The molecule has 2 N–H and O–H groups in total. The molecule has 4 aliphatic rings. The number of ether oxygens (including phenoxy) is 1. The van der Waals surface area contributed by atoms with Crippen LogP contribution in [0.25, 0.3) is 0 Å². The Morgan fingerprint density at radius 3 is 1.87 bits per heavy atom. The van der Waals surface area contributed by atoms with E-state index in [1.807, 2.05) is 91.0 Å². The summed E-state index contributed by atoms with van der Waals surface area (Å²) in [5.74, 6) is -1.12. The van der Waals surface area contributed by atoms with Crippen LogP contribution in [0.2, 0.25) is 0 Å². The number of aliphatic carboxylic acids is 1. The second-order valence-electron chi connectivity index (χ2n) is 13.9. The first-order valence-corrected chi connectivity index (χ1v) is 18.7. The van der Waals surface area contributed by atoms with Gasteiger partial charge in [0.05, 0.1) is 11.5 Å². The number of hydrogen-bond donors (Lipinski definition) is 2. The first-order valence-electron chi connectivity index (χ1n) is 16.8. The molecule has 4 bridgehead atoms. The Kier molecular flexibility index (Phi) is 10.3. The molecule has 3 atom stereocenters. The third kappa shape index (κ3) is 8.29. The third-order valence-electron chi connectivity index (χ3n) is 10.3. The molecule has 0 radical (unpaired) electrons. The van der Waals surface area contributed by atoms with E-state index in [4.69, 9.17) is 9.26 Å². The highest BCUT2D eigenvalue weighted by atomic mass is 31.2. The van der Waals surface area contributed by atoms with Crippen molar-refractivity contribution in [3.8, 4) is 0 Å². The monoisotopic (exact) mass is 643 g/mol. The number of benzene rings is 3. The number of amides is 1. The first kappa shape index (κ1) is 32.5. The van der Waals surface area contributed by atoms with Crippen molar-refractivity contribution in [1.82, 2.24) is 5.32 Å². The number of carboxylic acids is 1. The van der Waals surface area contributed by atoms with Gasteiger partial charge in [0.1, 0.15) is 12.4 Å². The standard InChI is InChI=1S/C38H46NO6P/c40-36(41)34(18-10-17-28-11-4-1-5-12-28)27-46(43,45-38-23-31-19-32(24-38)21-33(20-31)25-38)35(22-29-13-6-2-7-14-29)39-37(42)44-26-30-15-8-3-9-16-30/h1-9,11-16,31-35H,10,17-27H2,(H,39,42)(H,40,41). The van der Waals surface area contributed by atoms with Crippen molar-refractivity contribution in [3.05, 3.63) is 108 Å². The second kappa shape index (κ2) is 14.6. The highest BCUT2D eigenvalue weighted by Gasteiger charge is 2.55. The van der Waals surface area contributed by atoms with Crippen LogP contribution in [0.15, 0.2) is 91.0 Å². The topological polar surface area (TPSA) is 102 Å². The Bertz CT molecular complexity index is 1460. The number of alkyl carbamates (subject to hydrolysis) is 1. The van der Waals surface area contributed by atoms with E-state index in [0.717, 1.165) is 42.4 Å². The summed E-state index contributed by atoms with van der Waals surface area (Å²) < 4.78 is 28.2. The molecular formula is C38H46NO6P. The summed E-state index contributed by atoms with van der Waals surface area (Å²) in [6, 6.07) is 29.0. The fourth-order valence-corrected chi connectivity index (χ4v) is 11.6. The number of rotatable bonds is 15. The van der Waals surface area contributed by atoms with Crippen molar-refractivity contribution in [2.24, 2.45) is 23.7 Å². The smallest absolute Gasteiger partial charge is 0.408 e. The molecule has 7 rings (SSSR count). The van der Waals surface area contributed by atoms with E-state index in [-0.39, 0.29) is 19.2 Å². The molecular weight excluding hydrogens is 597 g/mol. The maximum Gasteiger partial charge on any atom is 0.408 e. The van der Waals surface area contributed by atoms with Crippen LogP contribution in [0.1, 0.15) is 68.1 Å². The minimum Gasteiger partial charge on any atom is -0.481 e. The van der Waals surface area contributed by atoms with Crippen LogP contribution >= 0.6 is 7.37 Å². The molecule has 0 aliphatic heterocycles. The van der Waals surface area contributed by atoms with Gasteiger partial charge in [-0.2, -0.15) is 0 Å². The van der Waals surface area contributed by atoms with Crippen LogP contribution in [-0.4, -0.2) is 34.7 Å². The van der Waals surface area contributed by atoms with Crippen molar-refractivity contribution in [2.75, 3.05) is 6.16 Å². The quantitative estimate of drug-likeness (QED) is 0.161. The van der Waals surface area contributed by atoms with Crippen molar-refractivity contribution in [1.29, 1.82) is 0 Å². The molecule has 4 saturated carbocycles. The van der Waals surface area contributed by atoms with Crippen molar-refractivity contribution in [2.45, 2.75) is 82.2 Å². The summed E-state index contributed by atoms with van der Waals surface area (Å²) in [6.45, 7) is 0.0715. The van der Waals surface area contributed by atoms with Gasteiger partial charge in [-0.1, -0.05) is 91.0 Å². The first-order chi connectivity index (χ1) is 22.3. The third-order valence-corrected chi connectivity index (χ3v) is 13.2. The lowest BCUT2D eigenvalue weighted by Gasteiger charge is -2.57. The average Bonchev–Trinajstić information content (AvgIpc) is 3.03. The Labute approximate surface area is 272 Å². The van der Waals surface area contributed by atoms with Gasteiger partial charge in [0.15, 0.2) is 0 Å². The Balaban J connectivity index is 1.27. The van der Waals surface area contributed by atoms with Gasteiger partial charge in [-0.3, -0.25) is 9.36 Å². The fraction of sp³-hybridized carbons (Fsp3) is 0.474. The zero-order valence-electron chi connectivity index (χ0n) is 26.5. The van der Waals surface area contributed by atoms with E-state index in [2.05, 4.69) is 5.32 Å². The normalized spacial score (nSPS) is 25.7. The summed E-state index contributed by atoms with van der Waals surface area (Å²) in [4.78, 5) is 26.1. The number of hydrogen-bond acceptors (Lipinski definition) is 5. The van der Waals surface area contributed by atoms with E-state index in [1.165, 1.54) is 19.3 Å². The largest absolute Gasteiger partial charge is 0.481 e. The molecule has 3 unspecified atom stereocenters. The number of carbonyl (C=O) groups excluding carboxylic acids is 1. The van der Waals surface area contributed by atoms with E-state index >= 15 is 4.57 Å². The highest BCUT2D eigenvalue weighted by molar-refractivity contribution is 7.59. The SMILES string of the molecule is O=C(NC(Cc1ccccc1)P(=O)(CC(CCCc1ccccc1)C(=O)O)OC12CC3CC(CC(C3)C1)C2)OCc1ccccc1. The van der Waals surface area contributed by atoms with E-state index < -0.39 is 36.7 Å². The lowest BCUT2D eigenvalue weighted by molar-refractivity contribution is -0.141. The number of aryl methyl sites for hydroxylation is 1. The Hall–Kier alpha value is -3.41. The molecule has 0 saturated heterocycles. The van der Waals surface area contributed by atoms with Crippen LogP contribution in [0.5, 0.6) is 0 Å². The number of carboxylic acid groups (broad SMARTS) is 1. The lowest BCUT2D eigenvalue weighted by Crippen LogP contribution is -2.52. The molecule has 0 spiro atoms. The molecule has 4 aliphatic carbocycles. The van der Waals surface area contributed by atoms with Gasteiger partial charge in [-0.15, -0.1) is 0 Å².